The molecule has 0 bridgehead atoms. The van der Waals surface area contributed by atoms with E-state index in [4.69, 9.17) is 24.7 Å². The summed E-state index contributed by atoms with van der Waals surface area (Å²) in [5.41, 5.74) is 8.40. The molecule has 11 nitrogen and oxygen atoms in total. The number of fused-ring (bicyclic) bond motifs is 3. The maximum absolute atomic E-state index is 13.5. The van der Waals surface area contributed by atoms with Crippen molar-refractivity contribution in [2.75, 3.05) is 25.1 Å². The molecule has 0 amide bonds. The second-order valence-electron chi connectivity index (χ2n) is 15.1. The molecule has 0 fully saturated rings. The number of aryl methyl sites for hydroxylation is 2. The number of carbonyl (C=O) groups excluding carboxylic acids is 2. The molecule has 0 aliphatic carbocycles. The number of carbonyl (C=O) groups is 2. The number of benzene rings is 1. The minimum absolute atomic E-state index is 0.160. The van der Waals surface area contributed by atoms with Gasteiger partial charge in [0.25, 0.3) is 0 Å². The molecule has 0 aliphatic rings. The zero-order valence-electron chi connectivity index (χ0n) is 34.2. The van der Waals surface area contributed by atoms with Gasteiger partial charge in [0.1, 0.15) is 17.9 Å². The molecule has 0 aliphatic heterocycles. The first-order valence-corrected chi connectivity index (χ1v) is 23.3. The van der Waals surface area contributed by atoms with E-state index in [2.05, 4.69) is 25.8 Å². The Bertz CT molecular complexity index is 1600. The average molecular weight is 787 g/mol. The van der Waals surface area contributed by atoms with Gasteiger partial charge in [-0.25, -0.2) is 9.97 Å². The molecule has 1 aromatic carbocycles. The van der Waals surface area contributed by atoms with E-state index in [9.17, 15) is 19.0 Å². The van der Waals surface area contributed by atoms with E-state index in [-0.39, 0.29) is 44.7 Å². The average Bonchev–Trinajstić information content (AvgIpc) is 3.55. The van der Waals surface area contributed by atoms with Crippen LogP contribution in [0.1, 0.15) is 168 Å². The molecule has 0 saturated carbocycles. The van der Waals surface area contributed by atoms with Gasteiger partial charge >= 0.3 is 19.5 Å². The summed E-state index contributed by atoms with van der Waals surface area (Å²) in [6, 6.07) is 7.65. The van der Waals surface area contributed by atoms with Gasteiger partial charge in [-0.3, -0.25) is 14.2 Å². The second kappa shape index (κ2) is 26.8. The lowest BCUT2D eigenvalue weighted by Crippen LogP contribution is -2.29. The van der Waals surface area contributed by atoms with Crippen LogP contribution in [0.3, 0.4) is 0 Å². The molecule has 2 aromatic heterocycles. The number of nitrogens with zero attached hydrogens (tertiary/aromatic N) is 3. The number of unbranched alkanes of at least 4 members (excludes halogenated alkanes) is 17. The van der Waals surface area contributed by atoms with Gasteiger partial charge < -0.3 is 29.2 Å². The fourth-order valence-corrected chi connectivity index (χ4v) is 7.92. The van der Waals surface area contributed by atoms with E-state index in [0.717, 1.165) is 73.6 Å². The Kier molecular flexibility index (Phi) is 22.6. The highest BCUT2D eigenvalue weighted by atomic mass is 31.2. The minimum Gasteiger partial charge on any atom is -0.462 e. The Balaban J connectivity index is 1.57. The molecule has 2 unspecified atom stereocenters. The lowest BCUT2D eigenvalue weighted by atomic mass is 10.1. The largest absolute Gasteiger partial charge is 0.462 e. The van der Waals surface area contributed by atoms with Gasteiger partial charge in [0, 0.05) is 31.2 Å². The smallest absolute Gasteiger partial charge is 0.330 e. The Morgan fingerprint density at radius 1 is 0.745 bits per heavy atom. The Hall–Kier alpha value is -3.01. The Labute approximate surface area is 330 Å². The van der Waals surface area contributed by atoms with Gasteiger partial charge in [-0.1, -0.05) is 148 Å². The first-order chi connectivity index (χ1) is 26.7. The van der Waals surface area contributed by atoms with Crippen LogP contribution in [0.4, 0.5) is 5.82 Å². The zero-order valence-corrected chi connectivity index (χ0v) is 35.1. The van der Waals surface area contributed by atoms with Crippen molar-refractivity contribution in [2.45, 2.75) is 181 Å². The summed E-state index contributed by atoms with van der Waals surface area (Å²) in [6.45, 7) is 6.09. The molecule has 2 heterocycles. The number of ether oxygens (including phenoxy) is 2. The van der Waals surface area contributed by atoms with Crippen molar-refractivity contribution in [2.24, 2.45) is 0 Å². The Morgan fingerprint density at radius 3 is 1.89 bits per heavy atom. The highest BCUT2D eigenvalue weighted by Gasteiger charge is 2.27. The van der Waals surface area contributed by atoms with Gasteiger partial charge in [0.05, 0.1) is 23.8 Å². The third-order valence-corrected chi connectivity index (χ3v) is 11.5. The fourth-order valence-electron chi connectivity index (χ4n) is 6.94. The lowest BCUT2D eigenvalue weighted by molar-refractivity contribution is -0.161. The van der Waals surface area contributed by atoms with Gasteiger partial charge in [0.2, 0.25) is 0 Å². The lowest BCUT2D eigenvalue weighted by Gasteiger charge is -2.21. The predicted molar refractivity (Wildman–Crippen MR) is 223 cm³/mol. The summed E-state index contributed by atoms with van der Waals surface area (Å²) in [4.78, 5) is 45.9. The molecule has 2 atom stereocenters. The number of anilines is 1. The number of para-hydroxylation sites is 1. The van der Waals surface area contributed by atoms with Crippen molar-refractivity contribution >= 4 is 47.3 Å². The molecular weight excluding hydrogens is 715 g/mol. The molecule has 310 valence electrons. The third kappa shape index (κ3) is 17.8. The number of nitrogens with two attached hydrogens (primary N) is 1. The summed E-state index contributed by atoms with van der Waals surface area (Å²) in [5.74, 6) is 0.280. The monoisotopic (exact) mass is 787 g/mol. The molecule has 3 rings (SSSR count). The summed E-state index contributed by atoms with van der Waals surface area (Å²) < 4.78 is 32.3. The van der Waals surface area contributed by atoms with E-state index < -0.39 is 19.7 Å². The van der Waals surface area contributed by atoms with Crippen molar-refractivity contribution in [1.29, 1.82) is 0 Å². The molecule has 3 aromatic rings. The molecule has 12 heteroatoms. The number of imidazole rings is 1. The SMILES string of the molecule is CCCCCCCCCCCC(=O)OCC(COP(=O)(O)CCn1c(CCCC)nc2c(N)nc3ccccc3c21)OC(=O)CCCCCCCCCCC. The van der Waals surface area contributed by atoms with Crippen LogP contribution in [-0.4, -0.2) is 56.8 Å². The van der Waals surface area contributed by atoms with Crippen LogP contribution in [0.15, 0.2) is 24.3 Å². The summed E-state index contributed by atoms with van der Waals surface area (Å²) in [7, 11) is -4.18. The first kappa shape index (κ1) is 46.4. The number of esters is 2. The second-order valence-corrected chi connectivity index (χ2v) is 17.1. The number of hydrogen-bond donors (Lipinski definition) is 2. The minimum atomic E-state index is -4.18. The molecule has 3 N–H and O–H groups in total. The number of hydrogen-bond acceptors (Lipinski definition) is 9. The van der Waals surface area contributed by atoms with Crippen LogP contribution >= 0.6 is 7.60 Å². The molecule has 55 heavy (non-hydrogen) atoms. The van der Waals surface area contributed by atoms with Gasteiger partial charge in [-0.05, 0) is 25.3 Å². The number of aromatic nitrogens is 3. The van der Waals surface area contributed by atoms with Crippen molar-refractivity contribution in [3.63, 3.8) is 0 Å². The third-order valence-electron chi connectivity index (χ3n) is 10.2. The van der Waals surface area contributed by atoms with Crippen LogP contribution in [0.5, 0.6) is 0 Å². The molecule has 0 spiro atoms. The van der Waals surface area contributed by atoms with Crippen LogP contribution in [-0.2, 0) is 41.1 Å². The van der Waals surface area contributed by atoms with E-state index >= 15 is 0 Å². The maximum Gasteiger partial charge on any atom is 0.330 e. The summed E-state index contributed by atoms with van der Waals surface area (Å²) >= 11 is 0. The Morgan fingerprint density at radius 2 is 1.29 bits per heavy atom. The topological polar surface area (TPSA) is 156 Å². The first-order valence-electron chi connectivity index (χ1n) is 21.5. The summed E-state index contributed by atoms with van der Waals surface area (Å²) in [5, 5.41) is 0.860. The van der Waals surface area contributed by atoms with E-state index in [1.807, 2.05) is 28.8 Å². The highest BCUT2D eigenvalue weighted by Crippen LogP contribution is 2.43. The van der Waals surface area contributed by atoms with E-state index in [1.165, 1.54) is 70.6 Å². The van der Waals surface area contributed by atoms with Crippen molar-refractivity contribution in [3.05, 3.63) is 30.1 Å². The molecule has 0 saturated heterocycles. The van der Waals surface area contributed by atoms with E-state index in [0.29, 0.717) is 24.2 Å². The standard InChI is InChI=1S/C43H71N4O7P/c1-4-7-10-12-14-16-18-20-22-29-39(48)52-33-35(54-40(49)30-23-21-19-17-15-13-11-8-5-2)34-53-55(50,51)32-31-47-38(28-9-6-3)46-41-42(47)36-26-24-25-27-37(36)45-43(41)44/h24-27,35H,4-23,28-34H2,1-3H3,(H2,44,45)(H,50,51). The van der Waals surface area contributed by atoms with Crippen LogP contribution < -0.4 is 5.73 Å². The molecule has 0 radical (unpaired) electrons. The van der Waals surface area contributed by atoms with Gasteiger partial charge in [0.15, 0.2) is 11.9 Å². The van der Waals surface area contributed by atoms with Gasteiger partial charge in [-0.2, -0.15) is 0 Å². The maximum atomic E-state index is 13.5. The predicted octanol–water partition coefficient (Wildman–Crippen LogP) is 11.0. The van der Waals surface area contributed by atoms with Gasteiger partial charge in [-0.15, -0.1) is 0 Å². The number of nitrogen functional groups attached to an aromatic ring is 1. The quantitative estimate of drug-likeness (QED) is 0.0355. The van der Waals surface area contributed by atoms with Crippen LogP contribution in [0, 0.1) is 0 Å². The van der Waals surface area contributed by atoms with Crippen LogP contribution in [0.25, 0.3) is 21.9 Å². The number of pyridine rings is 1. The normalized spacial score (nSPS) is 13.3. The highest BCUT2D eigenvalue weighted by molar-refractivity contribution is 7.52. The van der Waals surface area contributed by atoms with E-state index in [1.54, 1.807) is 0 Å². The van der Waals surface area contributed by atoms with Crippen molar-refractivity contribution in [1.82, 2.24) is 14.5 Å². The fraction of sp³-hybridized carbons (Fsp3) is 0.721. The zero-order chi connectivity index (χ0) is 39.7. The molecular formula is C43H71N4O7P. The summed E-state index contributed by atoms with van der Waals surface area (Å²) in [6.07, 6.45) is 22.2. The van der Waals surface area contributed by atoms with Crippen molar-refractivity contribution < 1.29 is 33.0 Å². The van der Waals surface area contributed by atoms with Crippen LogP contribution in [0.2, 0.25) is 0 Å². The van der Waals surface area contributed by atoms with Crippen molar-refractivity contribution in [3.8, 4) is 0 Å². The number of rotatable bonds is 32.